The average Bonchev–Trinajstić information content (AvgIpc) is 2.64. The van der Waals surface area contributed by atoms with Crippen molar-refractivity contribution in [2.45, 2.75) is 77.6 Å². The third-order valence-corrected chi connectivity index (χ3v) is 4.47. The molecule has 2 heterocycles. The molecule has 2 aromatic rings. The molecule has 0 amide bonds. The molecular formula is C20H29FN4O. The third-order valence-electron chi connectivity index (χ3n) is 4.47. The van der Waals surface area contributed by atoms with E-state index >= 15 is 0 Å². The number of unbranched alkanes of at least 4 members (excludes halogenated alkanes) is 9. The van der Waals surface area contributed by atoms with Crippen LogP contribution in [-0.2, 0) is 6.42 Å². The summed E-state index contributed by atoms with van der Waals surface area (Å²) in [6.45, 7) is 2.24. The van der Waals surface area contributed by atoms with Gasteiger partial charge < -0.3 is 0 Å². The van der Waals surface area contributed by atoms with Crippen LogP contribution in [0.25, 0.3) is 5.95 Å². The second kappa shape index (κ2) is 11.5. The van der Waals surface area contributed by atoms with Gasteiger partial charge in [-0.1, -0.05) is 64.7 Å². The van der Waals surface area contributed by atoms with E-state index in [1.165, 1.54) is 57.8 Å². The van der Waals surface area contributed by atoms with Gasteiger partial charge in [-0.15, -0.1) is 0 Å². The maximum atomic E-state index is 12.9. The van der Waals surface area contributed by atoms with Crippen molar-refractivity contribution >= 4 is 0 Å². The van der Waals surface area contributed by atoms with E-state index in [-0.39, 0.29) is 11.5 Å². The molecule has 2 rings (SSSR count). The molecule has 0 radical (unpaired) electrons. The molecule has 0 aliphatic carbocycles. The van der Waals surface area contributed by atoms with Gasteiger partial charge in [-0.05, 0) is 18.4 Å². The van der Waals surface area contributed by atoms with Crippen molar-refractivity contribution in [1.29, 1.82) is 0 Å². The van der Waals surface area contributed by atoms with Crippen molar-refractivity contribution in [2.24, 2.45) is 0 Å². The van der Waals surface area contributed by atoms with Crippen molar-refractivity contribution in [1.82, 2.24) is 19.7 Å². The Labute approximate surface area is 154 Å². The summed E-state index contributed by atoms with van der Waals surface area (Å²) in [5.41, 5.74) is 0.633. The summed E-state index contributed by atoms with van der Waals surface area (Å²) < 4.78 is 13.9. The molecule has 0 aromatic carbocycles. The molecule has 142 valence electrons. The lowest BCUT2D eigenvalue weighted by Crippen LogP contribution is -2.22. The van der Waals surface area contributed by atoms with Crippen LogP contribution < -0.4 is 5.56 Å². The molecule has 0 N–H and O–H groups in total. The topological polar surface area (TPSA) is 60.7 Å². The Morgan fingerprint density at radius 2 is 1.46 bits per heavy atom. The molecular weight excluding hydrogens is 331 g/mol. The van der Waals surface area contributed by atoms with E-state index in [0.717, 1.165) is 35.5 Å². The highest BCUT2D eigenvalue weighted by Gasteiger charge is 2.06. The molecule has 0 saturated carbocycles. The maximum Gasteiger partial charge on any atom is 0.274 e. The fourth-order valence-corrected chi connectivity index (χ4v) is 2.96. The molecule has 26 heavy (non-hydrogen) atoms. The van der Waals surface area contributed by atoms with Crippen molar-refractivity contribution in [2.75, 3.05) is 0 Å². The Hall–Kier alpha value is -2.11. The first-order valence-electron chi connectivity index (χ1n) is 9.77. The molecule has 0 bridgehead atoms. The average molecular weight is 360 g/mol. The Morgan fingerprint density at radius 1 is 0.885 bits per heavy atom. The first kappa shape index (κ1) is 20.2. The standard InChI is InChI=1S/C20H29FN4O/c1-2-3-4-5-6-7-8-9-10-11-12-17-13-19(26)25(24-14-17)20-22-15-18(21)16-23-20/h13-16H,2-12H2,1H3. The number of halogens is 1. The summed E-state index contributed by atoms with van der Waals surface area (Å²) in [6.07, 6.45) is 17.4. The van der Waals surface area contributed by atoms with Crippen LogP contribution in [0.5, 0.6) is 0 Å². The van der Waals surface area contributed by atoms with Gasteiger partial charge in [0.1, 0.15) is 0 Å². The van der Waals surface area contributed by atoms with E-state index in [0.29, 0.717) is 0 Å². The summed E-state index contributed by atoms with van der Waals surface area (Å²) in [4.78, 5) is 19.7. The molecule has 0 atom stereocenters. The van der Waals surface area contributed by atoms with Crippen LogP contribution in [0.2, 0.25) is 0 Å². The van der Waals surface area contributed by atoms with Gasteiger partial charge in [-0.25, -0.2) is 14.4 Å². The first-order valence-corrected chi connectivity index (χ1v) is 9.77. The fraction of sp³-hybridized carbons (Fsp3) is 0.600. The summed E-state index contributed by atoms with van der Waals surface area (Å²) in [6, 6.07) is 1.56. The summed E-state index contributed by atoms with van der Waals surface area (Å²) in [5.74, 6) is -0.457. The minimum atomic E-state index is -0.542. The van der Waals surface area contributed by atoms with E-state index < -0.39 is 5.82 Å². The van der Waals surface area contributed by atoms with Crippen LogP contribution in [0.1, 0.15) is 76.7 Å². The summed E-state index contributed by atoms with van der Waals surface area (Å²) >= 11 is 0. The largest absolute Gasteiger partial charge is 0.274 e. The second-order valence-corrected chi connectivity index (χ2v) is 6.75. The van der Waals surface area contributed by atoms with E-state index in [2.05, 4.69) is 22.0 Å². The SMILES string of the molecule is CCCCCCCCCCCCc1cnn(-c2ncc(F)cn2)c(=O)c1. The predicted octanol–water partition coefficient (Wildman–Crippen LogP) is 4.63. The number of hydrogen-bond acceptors (Lipinski definition) is 4. The highest BCUT2D eigenvalue weighted by atomic mass is 19.1. The van der Waals surface area contributed by atoms with Crippen LogP contribution in [0.15, 0.2) is 29.5 Å². The molecule has 0 fully saturated rings. The van der Waals surface area contributed by atoms with E-state index in [4.69, 9.17) is 0 Å². The Bertz CT molecular complexity index is 700. The van der Waals surface area contributed by atoms with E-state index in [1.807, 2.05) is 0 Å². The quantitative estimate of drug-likeness (QED) is 0.518. The molecule has 0 spiro atoms. The van der Waals surface area contributed by atoms with Crippen molar-refractivity contribution in [3.63, 3.8) is 0 Å². The zero-order valence-electron chi connectivity index (χ0n) is 15.7. The highest BCUT2D eigenvalue weighted by Crippen LogP contribution is 2.11. The summed E-state index contributed by atoms with van der Waals surface area (Å²) in [5, 5.41) is 4.10. The smallest absolute Gasteiger partial charge is 0.267 e. The van der Waals surface area contributed by atoms with E-state index in [9.17, 15) is 9.18 Å². The third kappa shape index (κ3) is 7.02. The predicted molar refractivity (Wildman–Crippen MR) is 101 cm³/mol. The molecule has 0 aliphatic rings. The van der Waals surface area contributed by atoms with Gasteiger partial charge in [0.2, 0.25) is 0 Å². The Kier molecular flexibility index (Phi) is 8.93. The minimum Gasteiger partial charge on any atom is -0.267 e. The number of nitrogens with zero attached hydrogens (tertiary/aromatic N) is 4. The van der Waals surface area contributed by atoms with Crippen LogP contribution in [0.4, 0.5) is 4.39 Å². The van der Waals surface area contributed by atoms with Crippen molar-refractivity contribution in [3.05, 3.63) is 46.4 Å². The molecule has 5 nitrogen and oxygen atoms in total. The zero-order chi connectivity index (χ0) is 18.6. The van der Waals surface area contributed by atoms with E-state index in [1.54, 1.807) is 12.3 Å². The number of aromatic nitrogens is 4. The van der Waals surface area contributed by atoms with Crippen LogP contribution in [0.3, 0.4) is 0 Å². The molecule has 0 aliphatic heterocycles. The highest BCUT2D eigenvalue weighted by molar-refractivity contribution is 5.13. The van der Waals surface area contributed by atoms with Crippen LogP contribution >= 0.6 is 0 Å². The minimum absolute atomic E-state index is 0.0851. The lowest BCUT2D eigenvalue weighted by atomic mass is 10.0. The Morgan fingerprint density at radius 3 is 2.04 bits per heavy atom. The monoisotopic (exact) mass is 360 g/mol. The summed E-state index contributed by atoms with van der Waals surface area (Å²) in [7, 11) is 0. The van der Waals surface area contributed by atoms with Gasteiger partial charge in [0.05, 0.1) is 18.6 Å². The van der Waals surface area contributed by atoms with Gasteiger partial charge >= 0.3 is 0 Å². The van der Waals surface area contributed by atoms with Crippen molar-refractivity contribution < 1.29 is 4.39 Å². The van der Waals surface area contributed by atoms with Gasteiger partial charge in [0.25, 0.3) is 11.5 Å². The lowest BCUT2D eigenvalue weighted by Gasteiger charge is -2.05. The maximum absolute atomic E-state index is 12.9. The fourth-order valence-electron chi connectivity index (χ4n) is 2.96. The van der Waals surface area contributed by atoms with Crippen LogP contribution in [0, 0.1) is 5.82 Å². The van der Waals surface area contributed by atoms with Gasteiger partial charge in [0, 0.05) is 6.07 Å². The lowest BCUT2D eigenvalue weighted by molar-refractivity contribution is 0.556. The van der Waals surface area contributed by atoms with Gasteiger partial charge in [-0.3, -0.25) is 4.79 Å². The number of aryl methyl sites for hydroxylation is 1. The number of rotatable bonds is 12. The second-order valence-electron chi connectivity index (χ2n) is 6.75. The van der Waals surface area contributed by atoms with Gasteiger partial charge in [-0.2, -0.15) is 9.78 Å². The molecule has 0 unspecified atom stereocenters. The molecule has 6 heteroatoms. The first-order chi connectivity index (χ1) is 12.7. The molecule has 0 saturated heterocycles. The van der Waals surface area contributed by atoms with Crippen molar-refractivity contribution in [3.8, 4) is 5.95 Å². The zero-order valence-corrected chi connectivity index (χ0v) is 15.7. The normalized spacial score (nSPS) is 11.0. The Balaban J connectivity index is 1.67. The van der Waals surface area contributed by atoms with Crippen LogP contribution in [-0.4, -0.2) is 19.7 Å². The van der Waals surface area contributed by atoms with Gasteiger partial charge in [0.15, 0.2) is 5.82 Å². The number of hydrogen-bond donors (Lipinski definition) is 0. The molecule has 2 aromatic heterocycles.